The van der Waals surface area contributed by atoms with Crippen LogP contribution in [-0.4, -0.2) is 58.9 Å². The highest BCUT2D eigenvalue weighted by Crippen LogP contribution is 2.14. The number of aromatic nitrogens is 1. The van der Waals surface area contributed by atoms with Crippen LogP contribution in [-0.2, 0) is 4.79 Å². The van der Waals surface area contributed by atoms with E-state index >= 15 is 0 Å². The molecule has 2 aromatic rings. The summed E-state index contributed by atoms with van der Waals surface area (Å²) >= 11 is 0. The molecule has 1 N–H and O–H groups in total. The van der Waals surface area contributed by atoms with Gasteiger partial charge in [-0.1, -0.05) is 18.2 Å². The Hall–Kier alpha value is -3.09. The second-order valence-electron chi connectivity index (χ2n) is 6.46. The van der Waals surface area contributed by atoms with Crippen LogP contribution in [0.1, 0.15) is 23.7 Å². The number of benzene rings is 1. The van der Waals surface area contributed by atoms with E-state index in [-0.39, 0.29) is 17.4 Å². The molecule has 1 atom stereocenters. The Kier molecular flexibility index (Phi) is 5.90. The molecular weight excluding hydrogens is 346 g/mol. The van der Waals surface area contributed by atoms with Gasteiger partial charge < -0.3 is 19.5 Å². The van der Waals surface area contributed by atoms with E-state index in [1.807, 2.05) is 30.3 Å². The van der Waals surface area contributed by atoms with Gasteiger partial charge in [-0.25, -0.2) is 0 Å². The Bertz CT molecular complexity index is 850. The molecular formula is C20H23N3O4. The fourth-order valence-corrected chi connectivity index (χ4v) is 3.11. The van der Waals surface area contributed by atoms with Gasteiger partial charge in [0.25, 0.3) is 17.4 Å². The van der Waals surface area contributed by atoms with Crippen molar-refractivity contribution < 1.29 is 14.3 Å². The molecule has 2 amide bonds. The second-order valence-corrected chi connectivity index (χ2v) is 6.46. The van der Waals surface area contributed by atoms with Gasteiger partial charge in [0.05, 0.1) is 0 Å². The van der Waals surface area contributed by atoms with E-state index in [9.17, 15) is 14.4 Å². The molecule has 0 unspecified atom stereocenters. The standard InChI is InChI=1S/C20H23N3O4/c1-15(27-16-7-3-2-4-8-16)19(25)22-11-6-12-23(14-13-22)20(26)17-9-5-10-21-18(17)24/h2-5,7-10,15H,6,11-14H2,1H3,(H,21,24)/t15-/m1/s1. The van der Waals surface area contributed by atoms with Crippen LogP contribution in [0.25, 0.3) is 0 Å². The zero-order valence-electron chi connectivity index (χ0n) is 15.3. The first-order valence-corrected chi connectivity index (χ1v) is 9.04. The molecule has 0 saturated carbocycles. The number of nitrogens with zero attached hydrogens (tertiary/aromatic N) is 2. The summed E-state index contributed by atoms with van der Waals surface area (Å²) in [6, 6.07) is 12.4. The summed E-state index contributed by atoms with van der Waals surface area (Å²) in [7, 11) is 0. The Balaban J connectivity index is 1.61. The van der Waals surface area contributed by atoms with Crippen LogP contribution in [0.3, 0.4) is 0 Å². The average molecular weight is 369 g/mol. The molecule has 2 heterocycles. The van der Waals surface area contributed by atoms with Gasteiger partial charge in [-0.3, -0.25) is 14.4 Å². The lowest BCUT2D eigenvalue weighted by Crippen LogP contribution is -2.43. The Morgan fingerprint density at radius 2 is 1.70 bits per heavy atom. The van der Waals surface area contributed by atoms with Gasteiger partial charge in [-0.05, 0) is 37.6 Å². The van der Waals surface area contributed by atoms with Crippen molar-refractivity contribution >= 4 is 11.8 Å². The van der Waals surface area contributed by atoms with Gasteiger partial charge in [-0.15, -0.1) is 0 Å². The molecule has 0 spiro atoms. The van der Waals surface area contributed by atoms with Crippen molar-refractivity contribution in [3.05, 3.63) is 64.6 Å². The topological polar surface area (TPSA) is 82.7 Å². The van der Waals surface area contributed by atoms with Crippen LogP contribution >= 0.6 is 0 Å². The number of H-pyrrole nitrogens is 1. The van der Waals surface area contributed by atoms with Crippen molar-refractivity contribution in [3.8, 4) is 5.75 Å². The molecule has 1 fully saturated rings. The fourth-order valence-electron chi connectivity index (χ4n) is 3.11. The third-order valence-electron chi connectivity index (χ3n) is 4.55. The van der Waals surface area contributed by atoms with E-state index in [0.29, 0.717) is 38.3 Å². The number of para-hydroxylation sites is 1. The second kappa shape index (κ2) is 8.53. The molecule has 142 valence electrons. The van der Waals surface area contributed by atoms with E-state index in [4.69, 9.17) is 4.74 Å². The molecule has 0 aliphatic carbocycles. The van der Waals surface area contributed by atoms with Crippen LogP contribution < -0.4 is 10.3 Å². The number of carbonyl (C=O) groups is 2. The third-order valence-corrected chi connectivity index (χ3v) is 4.55. The van der Waals surface area contributed by atoms with Crippen molar-refractivity contribution in [2.24, 2.45) is 0 Å². The molecule has 1 aromatic carbocycles. The summed E-state index contributed by atoms with van der Waals surface area (Å²) in [5.41, 5.74) is -0.275. The summed E-state index contributed by atoms with van der Waals surface area (Å²) in [6.07, 6.45) is 1.54. The number of aromatic amines is 1. The van der Waals surface area contributed by atoms with Crippen molar-refractivity contribution in [1.82, 2.24) is 14.8 Å². The summed E-state index contributed by atoms with van der Waals surface area (Å²) in [6.45, 7) is 3.59. The van der Waals surface area contributed by atoms with Gasteiger partial charge in [0, 0.05) is 32.4 Å². The van der Waals surface area contributed by atoms with E-state index in [2.05, 4.69) is 4.98 Å². The molecule has 1 aromatic heterocycles. The van der Waals surface area contributed by atoms with Gasteiger partial charge in [-0.2, -0.15) is 0 Å². The maximum atomic E-state index is 12.7. The van der Waals surface area contributed by atoms with Gasteiger partial charge in [0.15, 0.2) is 6.10 Å². The first kappa shape index (κ1) is 18.7. The molecule has 1 saturated heterocycles. The maximum absolute atomic E-state index is 12.7. The number of pyridine rings is 1. The smallest absolute Gasteiger partial charge is 0.263 e. The largest absolute Gasteiger partial charge is 0.481 e. The van der Waals surface area contributed by atoms with Gasteiger partial charge >= 0.3 is 0 Å². The number of nitrogens with one attached hydrogen (secondary N) is 1. The maximum Gasteiger partial charge on any atom is 0.263 e. The number of hydrogen-bond donors (Lipinski definition) is 1. The first-order valence-electron chi connectivity index (χ1n) is 9.04. The van der Waals surface area contributed by atoms with E-state index in [1.54, 1.807) is 22.8 Å². The fraction of sp³-hybridized carbons (Fsp3) is 0.350. The predicted molar refractivity (Wildman–Crippen MR) is 101 cm³/mol. The molecule has 7 nitrogen and oxygen atoms in total. The SMILES string of the molecule is C[C@@H](Oc1ccccc1)C(=O)N1CCCN(C(=O)c2ccc[nH]c2=O)CC1. The predicted octanol–water partition coefficient (Wildman–Crippen LogP) is 1.52. The summed E-state index contributed by atoms with van der Waals surface area (Å²) in [4.78, 5) is 43.0. The van der Waals surface area contributed by atoms with Gasteiger partial charge in [0.1, 0.15) is 11.3 Å². The number of hydrogen-bond acceptors (Lipinski definition) is 4. The summed E-state index contributed by atoms with van der Waals surface area (Å²) in [5.74, 6) is 0.235. The average Bonchev–Trinajstić information content (AvgIpc) is 2.94. The molecule has 3 rings (SSSR count). The zero-order chi connectivity index (χ0) is 19.2. The highest BCUT2D eigenvalue weighted by Gasteiger charge is 2.27. The zero-order valence-corrected chi connectivity index (χ0v) is 15.3. The third kappa shape index (κ3) is 4.55. The van der Waals surface area contributed by atoms with Crippen LogP contribution in [0.5, 0.6) is 5.75 Å². The lowest BCUT2D eigenvalue weighted by atomic mass is 10.2. The Morgan fingerprint density at radius 3 is 2.44 bits per heavy atom. The number of carbonyl (C=O) groups excluding carboxylic acids is 2. The van der Waals surface area contributed by atoms with Crippen molar-refractivity contribution in [2.45, 2.75) is 19.4 Å². The summed E-state index contributed by atoms with van der Waals surface area (Å²) < 4.78 is 5.71. The van der Waals surface area contributed by atoms with Crippen LogP contribution in [0, 0.1) is 0 Å². The molecule has 0 bridgehead atoms. The van der Waals surface area contributed by atoms with Crippen LogP contribution in [0.4, 0.5) is 0 Å². The van der Waals surface area contributed by atoms with Crippen molar-refractivity contribution in [3.63, 3.8) is 0 Å². The number of amides is 2. The Labute approximate surface area is 157 Å². The van der Waals surface area contributed by atoms with E-state index in [0.717, 1.165) is 0 Å². The molecule has 27 heavy (non-hydrogen) atoms. The minimum atomic E-state index is -0.605. The quantitative estimate of drug-likeness (QED) is 0.886. The minimum Gasteiger partial charge on any atom is -0.481 e. The van der Waals surface area contributed by atoms with Crippen molar-refractivity contribution in [1.29, 1.82) is 0 Å². The monoisotopic (exact) mass is 369 g/mol. The van der Waals surface area contributed by atoms with E-state index < -0.39 is 11.7 Å². The minimum absolute atomic E-state index is 0.106. The molecule has 0 radical (unpaired) electrons. The molecule has 7 heteroatoms. The van der Waals surface area contributed by atoms with Gasteiger partial charge in [0.2, 0.25) is 0 Å². The lowest BCUT2D eigenvalue weighted by molar-refractivity contribution is -0.137. The molecule has 1 aliphatic heterocycles. The van der Waals surface area contributed by atoms with Crippen LogP contribution in [0.15, 0.2) is 53.5 Å². The van der Waals surface area contributed by atoms with Crippen molar-refractivity contribution in [2.75, 3.05) is 26.2 Å². The number of ether oxygens (including phenoxy) is 1. The van der Waals surface area contributed by atoms with E-state index in [1.165, 1.54) is 12.3 Å². The highest BCUT2D eigenvalue weighted by molar-refractivity contribution is 5.93. The highest BCUT2D eigenvalue weighted by atomic mass is 16.5. The normalized spacial score (nSPS) is 15.7. The lowest BCUT2D eigenvalue weighted by Gasteiger charge is -2.25. The first-order chi connectivity index (χ1) is 13.1. The number of rotatable bonds is 4. The Morgan fingerprint density at radius 1 is 1.00 bits per heavy atom. The molecule has 1 aliphatic rings. The summed E-state index contributed by atoms with van der Waals surface area (Å²) in [5, 5.41) is 0. The van der Waals surface area contributed by atoms with Crippen LogP contribution in [0.2, 0.25) is 0 Å².